The van der Waals surface area contributed by atoms with Crippen molar-refractivity contribution in [2.24, 2.45) is 5.73 Å². The number of nitrogens with one attached hydrogen (secondary N) is 2. The number of hydrogen-bond donors (Lipinski definition) is 3. The van der Waals surface area contributed by atoms with Crippen LogP contribution in [0.2, 0.25) is 5.02 Å². The summed E-state index contributed by atoms with van der Waals surface area (Å²) in [7, 11) is 0. The number of primary amides is 1. The third-order valence-corrected chi connectivity index (χ3v) is 3.79. The van der Waals surface area contributed by atoms with Crippen molar-refractivity contribution >= 4 is 40.0 Å². The first-order valence-electron chi connectivity index (χ1n) is 7.62. The number of H-pyrrole nitrogens is 1. The average Bonchev–Trinajstić information content (AvgIpc) is 2.99. The number of benzene rings is 2. The average molecular weight is 358 g/mol. The number of ether oxygens (including phenoxy) is 1. The van der Waals surface area contributed by atoms with E-state index < -0.39 is 5.91 Å². The first-order chi connectivity index (χ1) is 12.0. The highest BCUT2D eigenvalue weighted by Crippen LogP contribution is 2.21. The molecule has 2 amide bonds. The first-order valence-corrected chi connectivity index (χ1v) is 8.00. The molecule has 0 fully saturated rings. The van der Waals surface area contributed by atoms with Crippen molar-refractivity contribution in [2.45, 2.75) is 6.42 Å². The normalized spacial score (nSPS) is 10.6. The second-order valence-corrected chi connectivity index (χ2v) is 5.89. The minimum absolute atomic E-state index is 0.156. The van der Waals surface area contributed by atoms with Crippen molar-refractivity contribution in [3.63, 3.8) is 0 Å². The van der Waals surface area contributed by atoms with Gasteiger partial charge in [0.2, 0.25) is 5.91 Å². The molecule has 0 saturated heterocycles. The van der Waals surface area contributed by atoms with E-state index in [0.717, 1.165) is 10.9 Å². The molecule has 6 nitrogen and oxygen atoms in total. The largest absolute Gasteiger partial charge is 0.493 e. The zero-order valence-corrected chi connectivity index (χ0v) is 14.0. The molecular formula is C18H16ClN3O3. The Bertz CT molecular complexity index is 919. The fourth-order valence-electron chi connectivity index (χ4n) is 2.33. The predicted molar refractivity (Wildman–Crippen MR) is 97.0 cm³/mol. The van der Waals surface area contributed by atoms with Gasteiger partial charge in [-0.3, -0.25) is 9.59 Å². The van der Waals surface area contributed by atoms with Crippen LogP contribution in [0.3, 0.4) is 0 Å². The van der Waals surface area contributed by atoms with Gasteiger partial charge < -0.3 is 20.8 Å². The van der Waals surface area contributed by atoms with Gasteiger partial charge in [-0.25, -0.2) is 0 Å². The van der Waals surface area contributed by atoms with Crippen molar-refractivity contribution in [3.05, 3.63) is 59.2 Å². The number of nitrogens with two attached hydrogens (primary N) is 1. The van der Waals surface area contributed by atoms with Gasteiger partial charge in [0.25, 0.3) is 5.91 Å². The monoisotopic (exact) mass is 357 g/mol. The Morgan fingerprint density at radius 1 is 1.12 bits per heavy atom. The molecule has 4 N–H and O–H groups in total. The third-order valence-electron chi connectivity index (χ3n) is 3.56. The minimum atomic E-state index is -0.413. The molecule has 1 aromatic heterocycles. The minimum Gasteiger partial charge on any atom is -0.493 e. The highest BCUT2D eigenvalue weighted by molar-refractivity contribution is 6.31. The van der Waals surface area contributed by atoms with Gasteiger partial charge in [0.15, 0.2) is 0 Å². The van der Waals surface area contributed by atoms with E-state index in [9.17, 15) is 9.59 Å². The summed E-state index contributed by atoms with van der Waals surface area (Å²) in [6.45, 7) is 0.221. The van der Waals surface area contributed by atoms with Gasteiger partial charge >= 0.3 is 0 Å². The van der Waals surface area contributed by atoms with Gasteiger partial charge in [-0.15, -0.1) is 0 Å². The molecule has 25 heavy (non-hydrogen) atoms. The molecule has 0 spiro atoms. The molecule has 0 unspecified atom stereocenters. The highest BCUT2D eigenvalue weighted by Gasteiger charge is 2.10. The van der Waals surface area contributed by atoms with Gasteiger partial charge in [-0.2, -0.15) is 0 Å². The molecule has 7 heteroatoms. The van der Waals surface area contributed by atoms with Crippen LogP contribution in [0.5, 0.6) is 5.75 Å². The van der Waals surface area contributed by atoms with E-state index >= 15 is 0 Å². The maximum atomic E-state index is 12.3. The highest BCUT2D eigenvalue weighted by atomic mass is 35.5. The lowest BCUT2D eigenvalue weighted by Crippen LogP contribution is -2.14. The summed E-state index contributed by atoms with van der Waals surface area (Å²) in [5, 5.41) is 4.29. The number of fused-ring (bicyclic) bond motifs is 1. The molecule has 0 atom stereocenters. The van der Waals surface area contributed by atoms with Crippen LogP contribution in [-0.4, -0.2) is 23.4 Å². The summed E-state index contributed by atoms with van der Waals surface area (Å²) in [4.78, 5) is 26.1. The van der Waals surface area contributed by atoms with Crippen LogP contribution >= 0.6 is 11.6 Å². The van der Waals surface area contributed by atoms with Crippen LogP contribution < -0.4 is 15.8 Å². The molecule has 0 aliphatic rings. The van der Waals surface area contributed by atoms with Crippen molar-refractivity contribution in [3.8, 4) is 5.75 Å². The molecule has 3 rings (SSSR count). The summed E-state index contributed by atoms with van der Waals surface area (Å²) in [6.07, 6.45) is 0.156. The van der Waals surface area contributed by atoms with E-state index in [1.54, 1.807) is 42.5 Å². The molecular weight excluding hydrogens is 342 g/mol. The van der Waals surface area contributed by atoms with Crippen molar-refractivity contribution in [2.75, 3.05) is 11.9 Å². The van der Waals surface area contributed by atoms with Gasteiger partial charge in [0.1, 0.15) is 11.4 Å². The number of halogens is 1. The first kappa shape index (κ1) is 16.9. The van der Waals surface area contributed by atoms with Crippen LogP contribution in [0, 0.1) is 0 Å². The zero-order chi connectivity index (χ0) is 17.8. The summed E-state index contributed by atoms with van der Waals surface area (Å²) in [5.41, 5.74) is 6.96. The Morgan fingerprint density at radius 2 is 1.88 bits per heavy atom. The van der Waals surface area contributed by atoms with Crippen LogP contribution in [0.15, 0.2) is 48.5 Å². The number of aromatic nitrogens is 1. The lowest BCUT2D eigenvalue weighted by Gasteiger charge is -2.07. The van der Waals surface area contributed by atoms with E-state index in [4.69, 9.17) is 22.1 Å². The Labute approximate surface area is 148 Å². The standard InChI is InChI=1S/C18H16ClN3O3/c19-12-1-6-15-11(9-12)10-16(22-15)18(24)21-13-2-4-14(5-3-13)25-8-7-17(20)23/h1-6,9-10,22H,7-8H2,(H2,20,23)(H,21,24). The predicted octanol–water partition coefficient (Wildman–Crippen LogP) is 3.33. The van der Waals surface area contributed by atoms with Crippen LogP contribution in [0.4, 0.5) is 5.69 Å². The lowest BCUT2D eigenvalue weighted by atomic mass is 10.2. The third kappa shape index (κ3) is 4.30. The van der Waals surface area contributed by atoms with Gasteiger partial charge in [-0.1, -0.05) is 11.6 Å². The SMILES string of the molecule is NC(=O)CCOc1ccc(NC(=O)c2cc3cc(Cl)ccc3[nH]2)cc1. The molecule has 0 saturated carbocycles. The molecule has 0 aliphatic heterocycles. The number of carbonyl (C=O) groups is 2. The molecule has 0 bridgehead atoms. The number of aromatic amines is 1. The fourth-order valence-corrected chi connectivity index (χ4v) is 2.51. The van der Waals surface area contributed by atoms with E-state index in [2.05, 4.69) is 10.3 Å². The number of amides is 2. The fraction of sp³-hybridized carbons (Fsp3) is 0.111. The second kappa shape index (κ2) is 7.27. The van der Waals surface area contributed by atoms with Crippen LogP contribution in [0.1, 0.15) is 16.9 Å². The van der Waals surface area contributed by atoms with E-state index in [1.807, 2.05) is 6.07 Å². The molecule has 2 aromatic carbocycles. The van der Waals surface area contributed by atoms with E-state index in [1.165, 1.54) is 0 Å². The maximum Gasteiger partial charge on any atom is 0.272 e. The number of anilines is 1. The molecule has 1 heterocycles. The van der Waals surface area contributed by atoms with Crippen LogP contribution in [0.25, 0.3) is 10.9 Å². The van der Waals surface area contributed by atoms with Crippen LogP contribution in [-0.2, 0) is 4.79 Å². The number of carbonyl (C=O) groups excluding carboxylic acids is 2. The topological polar surface area (TPSA) is 97.2 Å². The lowest BCUT2D eigenvalue weighted by molar-refractivity contribution is -0.118. The maximum absolute atomic E-state index is 12.3. The summed E-state index contributed by atoms with van der Waals surface area (Å²) < 4.78 is 5.38. The molecule has 128 valence electrons. The van der Waals surface area contributed by atoms with Gasteiger partial charge in [0.05, 0.1) is 13.0 Å². The molecule has 0 radical (unpaired) electrons. The van der Waals surface area contributed by atoms with Crippen molar-refractivity contribution in [1.82, 2.24) is 4.98 Å². The Kier molecular flexibility index (Phi) is 4.90. The molecule has 0 aliphatic carbocycles. The summed E-state index contributed by atoms with van der Waals surface area (Å²) in [5.74, 6) is -0.0715. The van der Waals surface area contributed by atoms with Crippen molar-refractivity contribution < 1.29 is 14.3 Å². The summed E-state index contributed by atoms with van der Waals surface area (Å²) >= 11 is 5.95. The van der Waals surface area contributed by atoms with E-state index in [0.29, 0.717) is 22.2 Å². The quantitative estimate of drug-likeness (QED) is 0.631. The smallest absolute Gasteiger partial charge is 0.272 e. The Balaban J connectivity index is 1.64. The van der Waals surface area contributed by atoms with Crippen molar-refractivity contribution in [1.29, 1.82) is 0 Å². The van der Waals surface area contributed by atoms with Gasteiger partial charge in [-0.05, 0) is 48.5 Å². The second-order valence-electron chi connectivity index (χ2n) is 5.46. The Hall–Kier alpha value is -2.99. The number of hydrogen-bond acceptors (Lipinski definition) is 3. The summed E-state index contributed by atoms with van der Waals surface area (Å²) in [6, 6.07) is 14.0. The van der Waals surface area contributed by atoms with E-state index in [-0.39, 0.29) is 18.9 Å². The van der Waals surface area contributed by atoms with Gasteiger partial charge in [0, 0.05) is 21.6 Å². The molecule has 3 aromatic rings. The zero-order valence-electron chi connectivity index (χ0n) is 13.2. The Morgan fingerprint density at radius 3 is 2.60 bits per heavy atom. The number of rotatable bonds is 6.